The van der Waals surface area contributed by atoms with Crippen LogP contribution in [0.2, 0.25) is 0 Å². The zero-order valence-electron chi connectivity index (χ0n) is 10.7. The van der Waals surface area contributed by atoms with E-state index in [1.807, 2.05) is 0 Å². The van der Waals surface area contributed by atoms with Gasteiger partial charge in [0.15, 0.2) is 0 Å². The Hall–Kier alpha value is -2.21. The highest BCUT2D eigenvalue weighted by Crippen LogP contribution is 2.20. The van der Waals surface area contributed by atoms with Crippen LogP contribution in [0, 0.1) is 11.6 Å². The number of hydrogen-bond acceptors (Lipinski definition) is 3. The summed E-state index contributed by atoms with van der Waals surface area (Å²) in [6, 6.07) is 5.74. The molecule has 0 saturated carbocycles. The number of carbonyl (C=O) groups excluding carboxylic acids is 1. The van der Waals surface area contributed by atoms with Gasteiger partial charge in [0.2, 0.25) is 0 Å². The predicted molar refractivity (Wildman–Crippen MR) is 67.0 cm³/mol. The molecule has 1 atom stereocenters. The Kier molecular flexibility index (Phi) is 3.85. The number of carbonyl (C=O) groups is 1. The second-order valence-corrected chi connectivity index (χ2v) is 4.56. The smallest absolute Gasteiger partial charge is 0.254 e. The molecule has 20 heavy (non-hydrogen) atoms. The summed E-state index contributed by atoms with van der Waals surface area (Å²) in [5.74, 6) is -2.10. The van der Waals surface area contributed by atoms with Gasteiger partial charge >= 0.3 is 0 Å². The lowest BCUT2D eigenvalue weighted by atomic mass is 10.0. The van der Waals surface area contributed by atoms with E-state index in [-0.39, 0.29) is 12.3 Å². The molecule has 4 nitrogen and oxygen atoms in total. The van der Waals surface area contributed by atoms with E-state index in [4.69, 9.17) is 4.42 Å². The summed E-state index contributed by atoms with van der Waals surface area (Å²) in [6.07, 6.45) is 1.39. The molecule has 0 aliphatic carbocycles. The first-order valence-corrected chi connectivity index (χ1v) is 5.90. The number of aliphatic hydroxyl groups is 1. The quantitative estimate of drug-likeness (QED) is 0.903. The molecule has 106 valence electrons. The highest BCUT2D eigenvalue weighted by atomic mass is 19.1. The number of rotatable bonds is 4. The molecule has 6 heteroatoms. The van der Waals surface area contributed by atoms with Gasteiger partial charge in [0.25, 0.3) is 5.91 Å². The van der Waals surface area contributed by atoms with Crippen LogP contribution in [0.15, 0.2) is 41.0 Å². The third-order valence-electron chi connectivity index (χ3n) is 2.82. The summed E-state index contributed by atoms with van der Waals surface area (Å²) in [4.78, 5) is 11.8. The second kappa shape index (κ2) is 5.42. The summed E-state index contributed by atoms with van der Waals surface area (Å²) in [5, 5.41) is 12.5. The summed E-state index contributed by atoms with van der Waals surface area (Å²) in [7, 11) is 0. The van der Waals surface area contributed by atoms with Crippen molar-refractivity contribution in [2.24, 2.45) is 0 Å². The van der Waals surface area contributed by atoms with Crippen LogP contribution in [0.5, 0.6) is 0 Å². The van der Waals surface area contributed by atoms with E-state index in [1.165, 1.54) is 13.2 Å². The molecule has 1 heterocycles. The Labute approximate surface area is 114 Å². The lowest BCUT2D eigenvalue weighted by Gasteiger charge is -2.21. The SMILES string of the molecule is CC(O)(CNC(=O)c1cc(F)ccc1F)c1ccco1. The van der Waals surface area contributed by atoms with Crippen molar-refractivity contribution in [3.05, 3.63) is 59.6 Å². The number of hydrogen-bond donors (Lipinski definition) is 2. The van der Waals surface area contributed by atoms with Crippen molar-refractivity contribution in [3.63, 3.8) is 0 Å². The van der Waals surface area contributed by atoms with E-state index >= 15 is 0 Å². The molecular weight excluding hydrogens is 268 g/mol. The van der Waals surface area contributed by atoms with Crippen molar-refractivity contribution in [2.75, 3.05) is 6.54 Å². The zero-order valence-corrected chi connectivity index (χ0v) is 10.7. The number of furan rings is 1. The highest BCUT2D eigenvalue weighted by molar-refractivity contribution is 5.94. The van der Waals surface area contributed by atoms with Crippen LogP contribution in [-0.4, -0.2) is 17.6 Å². The van der Waals surface area contributed by atoms with Crippen molar-refractivity contribution >= 4 is 5.91 Å². The molecule has 2 rings (SSSR count). The van der Waals surface area contributed by atoms with Gasteiger partial charge in [-0.1, -0.05) is 0 Å². The molecule has 2 aromatic rings. The minimum atomic E-state index is -1.44. The summed E-state index contributed by atoms with van der Waals surface area (Å²) in [6.45, 7) is 1.24. The van der Waals surface area contributed by atoms with Crippen molar-refractivity contribution in [1.82, 2.24) is 5.32 Å². The van der Waals surface area contributed by atoms with E-state index < -0.39 is 28.7 Å². The Morgan fingerprint density at radius 2 is 2.15 bits per heavy atom. The molecule has 1 amide bonds. The Morgan fingerprint density at radius 3 is 2.80 bits per heavy atom. The molecule has 1 aromatic heterocycles. The first kappa shape index (κ1) is 14.2. The Bertz CT molecular complexity index is 609. The van der Waals surface area contributed by atoms with Crippen LogP contribution in [0.1, 0.15) is 23.0 Å². The van der Waals surface area contributed by atoms with Gasteiger partial charge in [0.1, 0.15) is 23.0 Å². The number of amides is 1. The van der Waals surface area contributed by atoms with Gasteiger partial charge in [-0.2, -0.15) is 0 Å². The van der Waals surface area contributed by atoms with Gasteiger partial charge in [-0.05, 0) is 37.3 Å². The van der Waals surface area contributed by atoms with Crippen LogP contribution >= 0.6 is 0 Å². The fourth-order valence-electron chi connectivity index (χ4n) is 1.69. The van der Waals surface area contributed by atoms with Crippen molar-refractivity contribution < 1.29 is 23.1 Å². The van der Waals surface area contributed by atoms with Crippen molar-refractivity contribution in [1.29, 1.82) is 0 Å². The molecular formula is C14H13F2NO3. The molecule has 0 aliphatic heterocycles. The van der Waals surface area contributed by atoms with Gasteiger partial charge in [-0.15, -0.1) is 0 Å². The van der Waals surface area contributed by atoms with Gasteiger partial charge in [0.05, 0.1) is 18.4 Å². The van der Waals surface area contributed by atoms with Crippen LogP contribution < -0.4 is 5.32 Å². The first-order valence-electron chi connectivity index (χ1n) is 5.90. The summed E-state index contributed by atoms with van der Waals surface area (Å²) >= 11 is 0. The second-order valence-electron chi connectivity index (χ2n) is 4.56. The third kappa shape index (κ3) is 3.03. The fourth-order valence-corrected chi connectivity index (χ4v) is 1.69. The Balaban J connectivity index is 2.07. The molecule has 2 N–H and O–H groups in total. The monoisotopic (exact) mass is 281 g/mol. The zero-order chi connectivity index (χ0) is 14.8. The van der Waals surface area contributed by atoms with E-state index in [9.17, 15) is 18.7 Å². The van der Waals surface area contributed by atoms with Gasteiger partial charge in [0, 0.05) is 0 Å². The summed E-state index contributed by atoms with van der Waals surface area (Å²) in [5.41, 5.74) is -1.86. The average Bonchev–Trinajstić information content (AvgIpc) is 2.93. The lowest BCUT2D eigenvalue weighted by molar-refractivity contribution is 0.0329. The van der Waals surface area contributed by atoms with E-state index in [2.05, 4.69) is 5.32 Å². The Morgan fingerprint density at radius 1 is 1.40 bits per heavy atom. The maximum absolute atomic E-state index is 13.4. The molecule has 0 fully saturated rings. The number of benzene rings is 1. The van der Waals surface area contributed by atoms with Crippen LogP contribution in [0.3, 0.4) is 0 Å². The number of nitrogens with one attached hydrogen (secondary N) is 1. The molecule has 0 spiro atoms. The molecule has 0 bridgehead atoms. The molecule has 0 saturated heterocycles. The van der Waals surface area contributed by atoms with Crippen LogP contribution in [0.4, 0.5) is 8.78 Å². The van der Waals surface area contributed by atoms with Gasteiger partial charge in [-0.25, -0.2) is 8.78 Å². The maximum Gasteiger partial charge on any atom is 0.254 e. The minimum Gasteiger partial charge on any atom is -0.466 e. The topological polar surface area (TPSA) is 62.5 Å². The predicted octanol–water partition coefficient (Wildman–Crippen LogP) is 2.20. The minimum absolute atomic E-state index is 0.199. The largest absolute Gasteiger partial charge is 0.466 e. The van der Waals surface area contributed by atoms with Crippen molar-refractivity contribution in [2.45, 2.75) is 12.5 Å². The first-order chi connectivity index (χ1) is 9.40. The third-order valence-corrected chi connectivity index (χ3v) is 2.82. The van der Waals surface area contributed by atoms with Crippen LogP contribution in [0.25, 0.3) is 0 Å². The van der Waals surface area contributed by atoms with E-state index in [1.54, 1.807) is 12.1 Å². The van der Waals surface area contributed by atoms with E-state index in [0.29, 0.717) is 0 Å². The van der Waals surface area contributed by atoms with Crippen molar-refractivity contribution in [3.8, 4) is 0 Å². The highest BCUT2D eigenvalue weighted by Gasteiger charge is 2.27. The van der Waals surface area contributed by atoms with E-state index in [0.717, 1.165) is 18.2 Å². The maximum atomic E-state index is 13.4. The standard InChI is InChI=1S/C14H13F2NO3/c1-14(19,12-3-2-6-20-12)8-17-13(18)10-7-9(15)4-5-11(10)16/h2-7,19H,8H2,1H3,(H,17,18). The molecule has 1 aromatic carbocycles. The fraction of sp³-hybridized carbons (Fsp3) is 0.214. The lowest BCUT2D eigenvalue weighted by Crippen LogP contribution is -2.38. The normalized spacial score (nSPS) is 13.8. The molecule has 1 unspecified atom stereocenters. The average molecular weight is 281 g/mol. The van der Waals surface area contributed by atoms with Gasteiger partial charge in [-0.3, -0.25) is 4.79 Å². The number of halogens is 2. The van der Waals surface area contributed by atoms with Crippen LogP contribution in [-0.2, 0) is 5.60 Å². The summed E-state index contributed by atoms with van der Waals surface area (Å²) < 4.78 is 31.4. The van der Waals surface area contributed by atoms with Gasteiger partial charge < -0.3 is 14.8 Å². The molecule has 0 aliphatic rings. The molecule has 0 radical (unpaired) electrons.